The first kappa shape index (κ1) is 56.5. The van der Waals surface area contributed by atoms with E-state index < -0.39 is 89.2 Å². The Morgan fingerprint density at radius 1 is 0.385 bits per heavy atom. The number of carbonyl (C=O) groups is 6. The number of carboxylic acids is 3. The van der Waals surface area contributed by atoms with Crippen molar-refractivity contribution in [3.8, 4) is 0 Å². The van der Waals surface area contributed by atoms with Crippen LogP contribution in [0.1, 0.15) is 142 Å². The zero-order valence-corrected chi connectivity index (χ0v) is 35.1. The number of aliphatic carboxylic acids is 3. The molecule has 0 rings (SSSR count). The van der Waals surface area contributed by atoms with Crippen LogP contribution in [-0.2, 0) is 57.2 Å². The SMILES string of the molecule is CCCC(=O)C(OC(C)C)(OC(C)C)C(=O)[O-].CCCC(=O)C(OC(C)C)(OC(C)C)C(=O)[O-].CCCC(=O)C(OC(C)C)(OC(C)C)C(=O)[O-].[Al+3]. The van der Waals surface area contributed by atoms with Crippen molar-refractivity contribution in [2.24, 2.45) is 0 Å². The Morgan fingerprint density at radius 3 is 0.596 bits per heavy atom. The summed E-state index contributed by atoms with van der Waals surface area (Å²) in [4.78, 5) is 69.4. The smallest absolute Gasteiger partial charge is 0.544 e. The van der Waals surface area contributed by atoms with Crippen LogP contribution in [0.25, 0.3) is 0 Å². The van der Waals surface area contributed by atoms with Crippen LogP contribution in [-0.4, -0.2) is 107 Å². The predicted octanol–water partition coefficient (Wildman–Crippen LogP) is 1.57. The van der Waals surface area contributed by atoms with Crippen molar-refractivity contribution >= 4 is 52.6 Å². The predicted molar refractivity (Wildman–Crippen MR) is 186 cm³/mol. The summed E-state index contributed by atoms with van der Waals surface area (Å²) in [7, 11) is 0. The third-order valence-corrected chi connectivity index (χ3v) is 5.75. The average molecular weight is 763 g/mol. The van der Waals surface area contributed by atoms with Gasteiger partial charge in [-0.2, -0.15) is 0 Å². The van der Waals surface area contributed by atoms with Crippen molar-refractivity contribution in [1.82, 2.24) is 0 Å². The van der Waals surface area contributed by atoms with Gasteiger partial charge < -0.3 is 58.1 Å². The van der Waals surface area contributed by atoms with Crippen LogP contribution in [0.3, 0.4) is 0 Å². The number of hydrogen-bond donors (Lipinski definition) is 0. The number of hydrogen-bond acceptors (Lipinski definition) is 15. The molecule has 0 radical (unpaired) electrons. The number of ketones is 3. The molecule has 0 aromatic heterocycles. The molecule has 0 unspecified atom stereocenters. The van der Waals surface area contributed by atoms with E-state index in [-0.39, 0.29) is 36.6 Å². The second kappa shape index (κ2) is 27.3. The van der Waals surface area contributed by atoms with Crippen LogP contribution in [0.5, 0.6) is 0 Å². The molecular weight excluding hydrogens is 699 g/mol. The summed E-state index contributed by atoms with van der Waals surface area (Å²) >= 11 is 0. The fourth-order valence-corrected chi connectivity index (χ4v) is 4.27. The van der Waals surface area contributed by atoms with Crippen LogP contribution in [0, 0.1) is 0 Å². The minimum Gasteiger partial charge on any atom is -0.544 e. The number of ether oxygens (including phenoxy) is 6. The molecule has 0 aromatic rings. The van der Waals surface area contributed by atoms with Crippen LogP contribution in [0.4, 0.5) is 0 Å². The summed E-state index contributed by atoms with van der Waals surface area (Å²) in [6.07, 6.45) is -0.904. The maximum absolute atomic E-state index is 11.9. The number of carbonyl (C=O) groups excluding carboxylic acids is 6. The minimum absolute atomic E-state index is 0. The van der Waals surface area contributed by atoms with Crippen LogP contribution in [0.15, 0.2) is 0 Å². The van der Waals surface area contributed by atoms with E-state index in [4.69, 9.17) is 28.4 Å². The second-order valence-electron chi connectivity index (χ2n) is 13.2. The first-order valence-electron chi connectivity index (χ1n) is 17.6. The summed E-state index contributed by atoms with van der Waals surface area (Å²) in [5.74, 6) is -13.6. The first-order valence-corrected chi connectivity index (χ1v) is 17.6. The molecule has 0 atom stereocenters. The van der Waals surface area contributed by atoms with Gasteiger partial charge in [0.1, 0.15) is 17.9 Å². The number of rotatable bonds is 24. The quantitative estimate of drug-likeness (QED) is 0.0773. The van der Waals surface area contributed by atoms with Gasteiger partial charge in [-0.1, -0.05) is 20.8 Å². The van der Waals surface area contributed by atoms with E-state index in [2.05, 4.69) is 0 Å². The van der Waals surface area contributed by atoms with E-state index in [1.807, 2.05) is 0 Å². The molecule has 15 nitrogen and oxygen atoms in total. The summed E-state index contributed by atoms with van der Waals surface area (Å²) in [5.41, 5.74) is 0. The maximum Gasteiger partial charge on any atom is 3.00 e. The van der Waals surface area contributed by atoms with Crippen LogP contribution in [0.2, 0.25) is 0 Å². The molecule has 0 N–H and O–H groups in total. The normalized spacial score (nSPS) is 11.9. The van der Waals surface area contributed by atoms with Crippen molar-refractivity contribution in [1.29, 1.82) is 0 Å². The molecule has 52 heavy (non-hydrogen) atoms. The van der Waals surface area contributed by atoms with Crippen molar-refractivity contribution in [3.63, 3.8) is 0 Å². The minimum atomic E-state index is -2.28. The van der Waals surface area contributed by atoms with E-state index >= 15 is 0 Å². The zero-order chi connectivity index (χ0) is 40.9. The molecule has 0 heterocycles. The topological polar surface area (TPSA) is 227 Å². The Balaban J connectivity index is -0.000000329. The molecule has 0 fully saturated rings. The van der Waals surface area contributed by atoms with Crippen molar-refractivity contribution in [2.75, 3.05) is 0 Å². The Bertz CT molecular complexity index is 920. The Morgan fingerprint density at radius 2 is 0.519 bits per heavy atom. The molecule has 0 saturated carbocycles. The van der Waals surface area contributed by atoms with Gasteiger partial charge in [-0.25, -0.2) is 0 Å². The molecule has 0 bridgehead atoms. The number of Topliss-reactive ketones (excluding diaryl/α,β-unsaturated/α-hetero) is 3. The van der Waals surface area contributed by atoms with Gasteiger partial charge in [0.2, 0.25) is 0 Å². The van der Waals surface area contributed by atoms with Gasteiger partial charge in [0, 0.05) is 19.3 Å². The molecular formula is C36H63AlO15. The van der Waals surface area contributed by atoms with E-state index in [0.717, 1.165) is 0 Å². The van der Waals surface area contributed by atoms with Gasteiger partial charge in [-0.15, -0.1) is 0 Å². The Hall–Kier alpha value is -2.29. The average Bonchev–Trinajstić information content (AvgIpc) is 2.95. The van der Waals surface area contributed by atoms with Crippen molar-refractivity contribution in [3.05, 3.63) is 0 Å². The van der Waals surface area contributed by atoms with E-state index in [1.165, 1.54) is 0 Å². The maximum atomic E-state index is 11.9. The van der Waals surface area contributed by atoms with Gasteiger partial charge in [-0.3, -0.25) is 14.4 Å². The third kappa shape index (κ3) is 19.7. The molecule has 0 aliphatic heterocycles. The van der Waals surface area contributed by atoms with Gasteiger partial charge >= 0.3 is 17.4 Å². The van der Waals surface area contributed by atoms with E-state index in [0.29, 0.717) is 19.3 Å². The molecule has 300 valence electrons. The van der Waals surface area contributed by atoms with Gasteiger partial charge in [-0.05, 0) is 102 Å². The summed E-state index contributed by atoms with van der Waals surface area (Å²) in [6, 6.07) is 0. The summed E-state index contributed by atoms with van der Waals surface area (Å²) < 4.78 is 31.1. The molecule has 0 saturated heterocycles. The van der Waals surface area contributed by atoms with E-state index in [1.54, 1.807) is 104 Å². The second-order valence-corrected chi connectivity index (χ2v) is 13.2. The van der Waals surface area contributed by atoms with Gasteiger partial charge in [0.05, 0.1) is 36.6 Å². The molecule has 0 aromatic carbocycles. The summed E-state index contributed by atoms with van der Waals surface area (Å²) in [5, 5.41) is 33.7. The molecule has 16 heteroatoms. The van der Waals surface area contributed by atoms with Gasteiger partial charge in [0.15, 0.2) is 17.3 Å². The van der Waals surface area contributed by atoms with Crippen LogP contribution >= 0.6 is 0 Å². The monoisotopic (exact) mass is 762 g/mol. The Labute approximate surface area is 320 Å². The van der Waals surface area contributed by atoms with E-state index in [9.17, 15) is 44.1 Å². The first-order chi connectivity index (χ1) is 23.3. The third-order valence-electron chi connectivity index (χ3n) is 5.75. The molecule has 0 aliphatic rings. The molecule has 0 spiro atoms. The fourth-order valence-electron chi connectivity index (χ4n) is 4.27. The largest absolute Gasteiger partial charge is 3.00 e. The van der Waals surface area contributed by atoms with Crippen LogP contribution < -0.4 is 15.3 Å². The van der Waals surface area contributed by atoms with Crippen molar-refractivity contribution < 1.29 is 72.5 Å². The zero-order valence-electron chi connectivity index (χ0n) is 33.9. The molecule has 0 aliphatic carbocycles. The molecule has 0 amide bonds. The number of carboxylic acid groups (broad SMARTS) is 3. The summed E-state index contributed by atoms with van der Waals surface area (Å²) in [6.45, 7) is 25.0. The van der Waals surface area contributed by atoms with Crippen molar-refractivity contribution in [2.45, 2.75) is 196 Å². The van der Waals surface area contributed by atoms with Gasteiger partial charge in [0.25, 0.3) is 17.4 Å². The Kier molecular flexibility index (Phi) is 29.7. The standard InChI is InChI=1S/3C12H22O5.Al/c3*1-6-7-10(13)12(11(14)15,16-8(2)3)17-9(4)5;/h3*8-9H,6-7H2,1-5H3,(H,14,15);/q;;;+3/p-3. The fraction of sp³-hybridized carbons (Fsp3) is 0.833.